The average Bonchev–Trinajstić information content (AvgIpc) is 3.25. The van der Waals surface area contributed by atoms with Crippen molar-refractivity contribution >= 4 is 47.9 Å². The molecule has 12 heteroatoms. The van der Waals surface area contributed by atoms with Crippen LogP contribution in [-0.2, 0) is 38.1 Å². The van der Waals surface area contributed by atoms with E-state index in [1.54, 1.807) is 60.7 Å². The first-order valence-corrected chi connectivity index (χ1v) is 37.5. The van der Waals surface area contributed by atoms with E-state index in [2.05, 4.69) is 111 Å². The van der Waals surface area contributed by atoms with E-state index in [4.69, 9.17) is 8.85 Å². The smallest absolute Gasteiger partial charge is 0.201 e. The number of sulfone groups is 2. The Bertz CT molecular complexity index is 2830. The Morgan fingerprint density at radius 2 is 0.793 bits per heavy atom. The Balaban J connectivity index is 1.64. The minimum absolute atomic E-state index is 0.0323. The lowest BCUT2D eigenvalue weighted by molar-refractivity contribution is -0.125. The van der Waals surface area contributed by atoms with Crippen molar-refractivity contribution < 1.29 is 35.3 Å². The fraction of sp³-hybridized carbons (Fsp3) is 0.543. The number of hydrogen-bond acceptors (Lipinski definition) is 8. The number of hydrogen-bond donors (Lipinski definition) is 0. The Hall–Kier alpha value is -4.31. The molecular weight excluding hydrogens is 1090 g/mol. The van der Waals surface area contributed by atoms with Crippen LogP contribution >= 0.6 is 0 Å². The van der Waals surface area contributed by atoms with Crippen molar-refractivity contribution in [2.24, 2.45) is 10.8 Å². The van der Waals surface area contributed by atoms with Gasteiger partial charge in [-0.3, -0.25) is 9.59 Å². The van der Waals surface area contributed by atoms with Crippen molar-refractivity contribution in [3.63, 3.8) is 0 Å². The highest BCUT2D eigenvalue weighted by molar-refractivity contribution is 7.92. The standard InChI is InChI=1S/C70H104O8S2Si2/c1-47(2)81(48(3)4,49(5)6)77-65-45-69(19,20)63(57(17)67(65)71)39-37-55(15)43-61(79(73,74)59-33-25-23-26-34-59)41-53(13)31-29-30-32-54(14)42-62(80(75,76)60-35-27-24-28-36-60)44-56(16)38-40-64-58(18)68(72)66(46-70(64,21)22)78-82(50(7)8,51(9)10)52(11)12/h23-40,43-44,47-52,61-62,65-66H,41-42,45-46H2,1-22H3/b30-29+,39-37+,40-38+,53-31+,54-32+,55-43+,56-44+. The van der Waals surface area contributed by atoms with Crippen LogP contribution in [-0.4, -0.2) is 67.7 Å². The molecule has 2 aliphatic carbocycles. The first-order chi connectivity index (χ1) is 37.9. The minimum atomic E-state index is -3.82. The topological polar surface area (TPSA) is 121 Å². The first-order valence-electron chi connectivity index (χ1n) is 30.1. The van der Waals surface area contributed by atoms with E-state index in [0.717, 1.165) is 33.4 Å². The van der Waals surface area contributed by atoms with E-state index >= 15 is 0 Å². The van der Waals surface area contributed by atoms with Crippen LogP contribution in [0.1, 0.15) is 178 Å². The number of allylic oxidation sites excluding steroid dienone is 14. The maximum absolute atomic E-state index is 14.4. The summed E-state index contributed by atoms with van der Waals surface area (Å²) in [4.78, 5) is 28.8. The molecule has 0 amide bonds. The van der Waals surface area contributed by atoms with Gasteiger partial charge in [0.05, 0.1) is 20.3 Å². The van der Waals surface area contributed by atoms with E-state index in [1.165, 1.54) is 0 Å². The van der Waals surface area contributed by atoms with E-state index in [9.17, 15) is 26.4 Å². The molecule has 4 unspecified atom stereocenters. The summed E-state index contributed by atoms with van der Waals surface area (Å²) < 4.78 is 71.8. The number of benzene rings is 2. The Morgan fingerprint density at radius 3 is 1.06 bits per heavy atom. The second-order valence-electron chi connectivity index (χ2n) is 26.9. The second kappa shape index (κ2) is 28.7. The molecule has 0 radical (unpaired) electrons. The van der Waals surface area contributed by atoms with Crippen molar-refractivity contribution in [1.82, 2.24) is 0 Å². The molecule has 0 N–H and O–H groups in total. The predicted molar refractivity (Wildman–Crippen MR) is 351 cm³/mol. The van der Waals surface area contributed by atoms with Gasteiger partial charge in [-0.1, -0.05) is 230 Å². The molecular formula is C70H104O8S2Si2. The summed E-state index contributed by atoms with van der Waals surface area (Å²) in [5.74, 6) is 0.0646. The van der Waals surface area contributed by atoms with Crippen LogP contribution in [0, 0.1) is 10.8 Å². The van der Waals surface area contributed by atoms with Crippen LogP contribution in [0.5, 0.6) is 0 Å². The van der Waals surface area contributed by atoms with Gasteiger partial charge in [0.15, 0.2) is 31.2 Å². The van der Waals surface area contributed by atoms with Crippen molar-refractivity contribution in [3.8, 4) is 0 Å². The number of carbonyl (C=O) groups excluding carboxylic acids is 2. The summed E-state index contributed by atoms with van der Waals surface area (Å²) in [6, 6.07) is 17.1. The molecule has 0 bridgehead atoms. The molecule has 0 heterocycles. The Kier molecular flexibility index (Phi) is 24.6. The van der Waals surface area contributed by atoms with Crippen LogP contribution in [0.2, 0.25) is 33.2 Å². The molecule has 82 heavy (non-hydrogen) atoms. The minimum Gasteiger partial charge on any atom is -0.406 e. The van der Waals surface area contributed by atoms with E-state index in [-0.39, 0.29) is 45.0 Å². The van der Waals surface area contributed by atoms with Gasteiger partial charge in [0, 0.05) is 0 Å². The van der Waals surface area contributed by atoms with Gasteiger partial charge in [0.25, 0.3) is 0 Å². The average molecular weight is 1190 g/mol. The van der Waals surface area contributed by atoms with Gasteiger partial charge >= 0.3 is 0 Å². The molecule has 0 saturated heterocycles. The van der Waals surface area contributed by atoms with Crippen LogP contribution in [0.25, 0.3) is 0 Å². The van der Waals surface area contributed by atoms with Gasteiger partial charge in [-0.05, 0) is 158 Å². The second-order valence-corrected chi connectivity index (χ2v) is 42.1. The SMILES string of the molecule is CC1=C(/C=C/C(C)=C/C(C/C(C)=C/C=C/C=C(\C)CC(/C=C(C)/C=C/C2=C(C)C(=O)C(O[Si](C(C)C)(C(C)C)C(C)C)CC2(C)C)S(=O)(=O)c2ccccc2)S(=O)(=O)c2ccccc2)C(C)(C)CC(O[Si](C(C)C)(C(C)C)C(C)C)C1=O. The molecule has 4 atom stereocenters. The highest BCUT2D eigenvalue weighted by Gasteiger charge is 2.51. The van der Waals surface area contributed by atoms with Gasteiger partial charge in [-0.25, -0.2) is 16.8 Å². The van der Waals surface area contributed by atoms with Gasteiger partial charge in [-0.15, -0.1) is 0 Å². The van der Waals surface area contributed by atoms with E-state index in [1.807, 2.05) is 102 Å². The number of Topliss-reactive ketones (excluding diaryl/α,β-unsaturated/α-hetero) is 2. The molecule has 0 fully saturated rings. The van der Waals surface area contributed by atoms with Gasteiger partial charge in [0.1, 0.15) is 12.2 Å². The summed E-state index contributed by atoms with van der Waals surface area (Å²) in [6.07, 6.45) is 19.6. The lowest BCUT2D eigenvalue weighted by Crippen LogP contribution is -2.53. The van der Waals surface area contributed by atoms with Gasteiger partial charge in [-0.2, -0.15) is 0 Å². The maximum Gasteiger partial charge on any atom is 0.201 e. The largest absolute Gasteiger partial charge is 0.406 e. The third-order valence-electron chi connectivity index (χ3n) is 17.9. The van der Waals surface area contributed by atoms with Gasteiger partial charge in [0.2, 0.25) is 16.6 Å². The van der Waals surface area contributed by atoms with Crippen molar-refractivity contribution in [2.45, 2.75) is 244 Å². The van der Waals surface area contributed by atoms with Crippen molar-refractivity contribution in [3.05, 3.63) is 166 Å². The highest BCUT2D eigenvalue weighted by Crippen LogP contribution is 2.49. The van der Waals surface area contributed by atoms with Crippen molar-refractivity contribution in [2.75, 3.05) is 0 Å². The third kappa shape index (κ3) is 16.4. The summed E-state index contributed by atoms with van der Waals surface area (Å²) in [6.45, 7) is 47.0. The Labute approximate surface area is 500 Å². The molecule has 452 valence electrons. The molecule has 0 spiro atoms. The molecule has 0 aromatic heterocycles. The van der Waals surface area contributed by atoms with Crippen LogP contribution in [0.4, 0.5) is 0 Å². The van der Waals surface area contributed by atoms with Crippen molar-refractivity contribution in [1.29, 1.82) is 0 Å². The molecule has 2 aliphatic rings. The lowest BCUT2D eigenvalue weighted by Gasteiger charge is -2.47. The monoisotopic (exact) mass is 1190 g/mol. The number of rotatable bonds is 26. The fourth-order valence-electron chi connectivity index (χ4n) is 13.7. The molecule has 4 rings (SSSR count). The summed E-state index contributed by atoms with van der Waals surface area (Å²) in [5.41, 5.74) is 7.84. The molecule has 2 aromatic rings. The van der Waals surface area contributed by atoms with E-state index in [0.29, 0.717) is 57.2 Å². The molecule has 2 aromatic carbocycles. The summed E-state index contributed by atoms with van der Waals surface area (Å²) in [5, 5.41) is -1.77. The quantitative estimate of drug-likeness (QED) is 0.0674. The van der Waals surface area contributed by atoms with Crippen LogP contribution in [0.15, 0.2) is 176 Å². The molecule has 8 nitrogen and oxygen atoms in total. The summed E-state index contributed by atoms with van der Waals surface area (Å²) in [7, 11) is -12.3. The molecule has 0 saturated carbocycles. The zero-order valence-electron chi connectivity index (χ0n) is 54.2. The predicted octanol–water partition coefficient (Wildman–Crippen LogP) is 18.7. The summed E-state index contributed by atoms with van der Waals surface area (Å²) >= 11 is 0. The van der Waals surface area contributed by atoms with Gasteiger partial charge < -0.3 is 8.85 Å². The fourth-order valence-corrected chi connectivity index (χ4v) is 28.2. The van der Waals surface area contributed by atoms with Crippen LogP contribution < -0.4 is 0 Å². The number of carbonyl (C=O) groups is 2. The normalized spacial score (nSPS) is 20.5. The highest BCUT2D eigenvalue weighted by atomic mass is 32.2. The zero-order chi connectivity index (χ0) is 62.1. The molecule has 0 aliphatic heterocycles. The third-order valence-corrected chi connectivity index (χ3v) is 34.1. The lowest BCUT2D eigenvalue weighted by atomic mass is 9.71. The Morgan fingerprint density at radius 1 is 0.512 bits per heavy atom. The van der Waals surface area contributed by atoms with Crippen LogP contribution in [0.3, 0.4) is 0 Å². The maximum atomic E-state index is 14.4. The first kappa shape index (κ1) is 70.2. The number of ketones is 2. The zero-order valence-corrected chi connectivity index (χ0v) is 57.9. The van der Waals surface area contributed by atoms with E-state index < -0.39 is 59.0 Å².